The minimum Gasteiger partial charge on any atom is -0.124 e. The molecule has 0 N–H and O–H groups in total. The molecule has 0 radical (unpaired) electrons. The van der Waals surface area contributed by atoms with E-state index in [1.54, 1.807) is 10.5 Å². The van der Waals surface area contributed by atoms with Gasteiger partial charge in [0, 0.05) is 4.75 Å². The fraction of sp³-hybridized carbons (Fsp3) is 0.800. The van der Waals surface area contributed by atoms with Gasteiger partial charge < -0.3 is 0 Å². The van der Waals surface area contributed by atoms with E-state index in [0.29, 0.717) is 4.75 Å². The molecule has 0 aromatic heterocycles. The molecule has 1 heteroatoms. The van der Waals surface area contributed by atoms with Gasteiger partial charge >= 0.3 is 0 Å². The summed E-state index contributed by atoms with van der Waals surface area (Å²) in [5, 5.41) is 0. The monoisotopic (exact) mass is 168 g/mol. The molecule has 1 unspecified atom stereocenters. The van der Waals surface area contributed by atoms with Gasteiger partial charge in [0.15, 0.2) is 0 Å². The second kappa shape index (κ2) is 2.29. The van der Waals surface area contributed by atoms with Crippen LogP contribution in [0.1, 0.15) is 40.0 Å². The zero-order valence-electron chi connectivity index (χ0n) is 7.61. The summed E-state index contributed by atoms with van der Waals surface area (Å²) < 4.78 is 0.535. The third-order valence-corrected chi connectivity index (χ3v) is 4.77. The van der Waals surface area contributed by atoms with Crippen LogP contribution in [0.25, 0.3) is 0 Å². The standard InChI is InChI=1S/C10H16S/c1-7-4-5-8-6-9(7)11-10(8,2)3/h8H,4-6H2,1-3H3. The normalized spacial score (nSPS) is 34.6. The van der Waals surface area contributed by atoms with E-state index in [9.17, 15) is 0 Å². The molecule has 0 spiro atoms. The molecule has 1 aliphatic carbocycles. The molecular formula is C10H16S. The SMILES string of the molecule is CC1=C2CC(CC1)C(C)(C)S2. The maximum absolute atomic E-state index is 2.40. The minimum atomic E-state index is 0.535. The third kappa shape index (κ3) is 1.14. The van der Waals surface area contributed by atoms with Crippen LogP contribution in [-0.4, -0.2) is 4.75 Å². The smallest absolute Gasteiger partial charge is 0.0179 e. The van der Waals surface area contributed by atoms with Gasteiger partial charge in [0.05, 0.1) is 0 Å². The first-order chi connectivity index (χ1) is 5.09. The molecule has 0 aromatic carbocycles. The third-order valence-electron chi connectivity index (χ3n) is 3.15. The highest BCUT2D eigenvalue weighted by atomic mass is 32.2. The van der Waals surface area contributed by atoms with Crippen LogP contribution in [0, 0.1) is 5.92 Å². The van der Waals surface area contributed by atoms with Crippen molar-refractivity contribution in [3.05, 3.63) is 10.5 Å². The lowest BCUT2D eigenvalue weighted by molar-refractivity contribution is 0.401. The van der Waals surface area contributed by atoms with Gasteiger partial charge in [-0.3, -0.25) is 0 Å². The Bertz CT molecular complexity index is 213. The van der Waals surface area contributed by atoms with Gasteiger partial charge in [0.25, 0.3) is 0 Å². The number of fused-ring (bicyclic) bond motifs is 2. The quantitative estimate of drug-likeness (QED) is 0.532. The van der Waals surface area contributed by atoms with Crippen LogP contribution in [-0.2, 0) is 0 Å². The van der Waals surface area contributed by atoms with E-state index in [-0.39, 0.29) is 0 Å². The maximum Gasteiger partial charge on any atom is 0.0179 e. The average Bonchev–Trinajstić information content (AvgIpc) is 2.16. The summed E-state index contributed by atoms with van der Waals surface area (Å²) in [6, 6.07) is 0. The van der Waals surface area contributed by atoms with Crippen molar-refractivity contribution in [2.75, 3.05) is 0 Å². The van der Waals surface area contributed by atoms with E-state index in [4.69, 9.17) is 0 Å². The van der Waals surface area contributed by atoms with Crippen LogP contribution >= 0.6 is 11.8 Å². The zero-order chi connectivity index (χ0) is 8.06. The molecule has 0 nitrogen and oxygen atoms in total. The summed E-state index contributed by atoms with van der Waals surface area (Å²) in [5.41, 5.74) is 1.66. The van der Waals surface area contributed by atoms with Gasteiger partial charge in [0.1, 0.15) is 0 Å². The Morgan fingerprint density at radius 3 is 2.82 bits per heavy atom. The molecule has 1 fully saturated rings. The van der Waals surface area contributed by atoms with Crippen molar-refractivity contribution >= 4 is 11.8 Å². The van der Waals surface area contributed by atoms with E-state index < -0.39 is 0 Å². The van der Waals surface area contributed by atoms with Crippen LogP contribution in [0.5, 0.6) is 0 Å². The average molecular weight is 168 g/mol. The molecule has 1 aliphatic heterocycles. The Kier molecular flexibility index (Phi) is 1.61. The first kappa shape index (κ1) is 7.72. The fourth-order valence-corrected chi connectivity index (χ4v) is 3.72. The van der Waals surface area contributed by atoms with Gasteiger partial charge in [0.2, 0.25) is 0 Å². The molecule has 11 heavy (non-hydrogen) atoms. The van der Waals surface area contributed by atoms with Crippen LogP contribution in [0.4, 0.5) is 0 Å². The Labute approximate surface area is 73.4 Å². The summed E-state index contributed by atoms with van der Waals surface area (Å²) in [4.78, 5) is 1.70. The van der Waals surface area contributed by atoms with E-state index in [1.165, 1.54) is 19.3 Å². The highest BCUT2D eigenvalue weighted by molar-refractivity contribution is 8.04. The van der Waals surface area contributed by atoms with E-state index in [2.05, 4.69) is 32.5 Å². The molecule has 1 atom stereocenters. The highest BCUT2D eigenvalue weighted by Crippen LogP contribution is 2.55. The lowest BCUT2D eigenvalue weighted by atomic mass is 9.83. The molecule has 1 saturated heterocycles. The van der Waals surface area contributed by atoms with Crippen molar-refractivity contribution in [1.82, 2.24) is 0 Å². The summed E-state index contributed by atoms with van der Waals surface area (Å²) in [7, 11) is 0. The summed E-state index contributed by atoms with van der Waals surface area (Å²) in [6.07, 6.45) is 4.16. The first-order valence-electron chi connectivity index (χ1n) is 4.47. The molecular weight excluding hydrogens is 152 g/mol. The van der Waals surface area contributed by atoms with Crippen molar-refractivity contribution < 1.29 is 0 Å². The minimum absolute atomic E-state index is 0.535. The molecule has 0 amide bonds. The maximum atomic E-state index is 2.40. The van der Waals surface area contributed by atoms with E-state index >= 15 is 0 Å². The van der Waals surface area contributed by atoms with Crippen LogP contribution in [0.15, 0.2) is 10.5 Å². The van der Waals surface area contributed by atoms with Crippen LogP contribution in [0.2, 0.25) is 0 Å². The van der Waals surface area contributed by atoms with Crippen molar-refractivity contribution in [1.29, 1.82) is 0 Å². The Morgan fingerprint density at radius 2 is 2.18 bits per heavy atom. The second-order valence-electron chi connectivity index (χ2n) is 4.35. The number of rotatable bonds is 0. The van der Waals surface area contributed by atoms with Crippen molar-refractivity contribution in [3.8, 4) is 0 Å². The number of allylic oxidation sites excluding steroid dienone is 2. The second-order valence-corrected chi connectivity index (χ2v) is 6.10. The molecule has 2 rings (SSSR count). The number of thioether (sulfide) groups is 1. The predicted molar refractivity (Wildman–Crippen MR) is 51.7 cm³/mol. The zero-order valence-corrected chi connectivity index (χ0v) is 8.42. The van der Waals surface area contributed by atoms with E-state index in [0.717, 1.165) is 5.92 Å². The van der Waals surface area contributed by atoms with Gasteiger partial charge in [-0.15, -0.1) is 11.8 Å². The van der Waals surface area contributed by atoms with Gasteiger partial charge in [-0.25, -0.2) is 0 Å². The molecule has 2 bridgehead atoms. The van der Waals surface area contributed by atoms with Gasteiger partial charge in [-0.2, -0.15) is 0 Å². The topological polar surface area (TPSA) is 0 Å². The first-order valence-corrected chi connectivity index (χ1v) is 5.29. The fourth-order valence-electron chi connectivity index (χ4n) is 2.15. The van der Waals surface area contributed by atoms with Crippen molar-refractivity contribution in [3.63, 3.8) is 0 Å². The largest absolute Gasteiger partial charge is 0.124 e. The molecule has 1 heterocycles. The molecule has 62 valence electrons. The van der Waals surface area contributed by atoms with Crippen molar-refractivity contribution in [2.45, 2.75) is 44.8 Å². The number of hydrogen-bond acceptors (Lipinski definition) is 1. The molecule has 0 saturated carbocycles. The van der Waals surface area contributed by atoms with Crippen molar-refractivity contribution in [2.24, 2.45) is 5.92 Å². The molecule has 0 aromatic rings. The number of hydrogen-bond donors (Lipinski definition) is 0. The highest BCUT2D eigenvalue weighted by Gasteiger charge is 2.40. The van der Waals surface area contributed by atoms with Crippen LogP contribution < -0.4 is 0 Å². The summed E-state index contributed by atoms with van der Waals surface area (Å²) >= 11 is 2.13. The summed E-state index contributed by atoms with van der Waals surface area (Å²) in [5.74, 6) is 0.964. The lowest BCUT2D eigenvalue weighted by Gasteiger charge is -2.24. The Hall–Kier alpha value is 0.0900. The van der Waals surface area contributed by atoms with Gasteiger partial charge in [-0.05, 0) is 37.0 Å². The Balaban J connectivity index is 2.33. The lowest BCUT2D eigenvalue weighted by Crippen LogP contribution is -2.21. The van der Waals surface area contributed by atoms with Crippen LogP contribution in [0.3, 0.4) is 0 Å². The van der Waals surface area contributed by atoms with E-state index in [1.807, 2.05) is 0 Å². The molecule has 2 aliphatic rings. The van der Waals surface area contributed by atoms with Gasteiger partial charge in [-0.1, -0.05) is 19.4 Å². The Morgan fingerprint density at radius 1 is 1.45 bits per heavy atom. The summed E-state index contributed by atoms with van der Waals surface area (Å²) in [6.45, 7) is 7.10. The predicted octanol–water partition coefficient (Wildman–Crippen LogP) is 3.59.